The van der Waals surface area contributed by atoms with Crippen LogP contribution in [0.3, 0.4) is 0 Å². The molecule has 0 bridgehead atoms. The fourth-order valence-corrected chi connectivity index (χ4v) is 3.08. The molecule has 1 aliphatic rings. The Hall–Kier alpha value is -2.58. The van der Waals surface area contributed by atoms with Crippen LogP contribution >= 0.6 is 11.3 Å². The molecule has 0 aliphatic carbocycles. The first-order valence-electron chi connectivity index (χ1n) is 7.67. The number of nitrogens with one attached hydrogen (secondary N) is 2. The quantitative estimate of drug-likeness (QED) is 0.763. The third-order valence-electron chi connectivity index (χ3n) is 3.74. The van der Waals surface area contributed by atoms with Crippen LogP contribution in [0.1, 0.15) is 17.2 Å². The summed E-state index contributed by atoms with van der Waals surface area (Å²) in [7, 11) is 1.56. The molecule has 1 atom stereocenters. The summed E-state index contributed by atoms with van der Waals surface area (Å²) in [5, 5.41) is 9.04. The zero-order chi connectivity index (χ0) is 17.6. The first kappa shape index (κ1) is 17.2. The van der Waals surface area contributed by atoms with Crippen LogP contribution < -0.4 is 20.1 Å². The average molecular weight is 362 g/mol. The summed E-state index contributed by atoms with van der Waals surface area (Å²) in [5.74, 6) is -0.0855. The molecule has 1 unspecified atom stereocenters. The summed E-state index contributed by atoms with van der Waals surface area (Å²) in [4.78, 5) is 23.8. The van der Waals surface area contributed by atoms with E-state index in [1.165, 1.54) is 0 Å². The van der Waals surface area contributed by atoms with Gasteiger partial charge in [0.15, 0.2) is 11.5 Å². The molecule has 8 heteroatoms. The number of thiophene rings is 1. The van der Waals surface area contributed by atoms with Crippen LogP contribution in [0.5, 0.6) is 11.5 Å². The van der Waals surface area contributed by atoms with Crippen LogP contribution in [-0.4, -0.2) is 32.3 Å². The van der Waals surface area contributed by atoms with Gasteiger partial charge in [0.1, 0.15) is 6.10 Å². The molecule has 1 aromatic carbocycles. The van der Waals surface area contributed by atoms with Crippen LogP contribution in [0.15, 0.2) is 35.0 Å². The summed E-state index contributed by atoms with van der Waals surface area (Å²) in [6.45, 7) is 0.642. The number of ether oxygens (including phenoxy) is 3. The van der Waals surface area contributed by atoms with Gasteiger partial charge >= 0.3 is 11.8 Å². The molecule has 0 radical (unpaired) electrons. The Morgan fingerprint density at radius 3 is 2.76 bits per heavy atom. The van der Waals surface area contributed by atoms with Gasteiger partial charge in [-0.2, -0.15) is 11.3 Å². The molecule has 25 heavy (non-hydrogen) atoms. The standard InChI is InChI=1S/C17H18N2O5S/c1-22-15(12-4-5-25-9-12)8-19-17(21)16(20)18-7-11-2-3-13-14(6-11)24-10-23-13/h2-6,9,15H,7-8,10H2,1H3,(H,18,20)(H,19,21). The molecular weight excluding hydrogens is 344 g/mol. The van der Waals surface area contributed by atoms with E-state index in [9.17, 15) is 9.59 Å². The van der Waals surface area contributed by atoms with Crippen molar-refractivity contribution in [3.63, 3.8) is 0 Å². The lowest BCUT2D eigenvalue weighted by Crippen LogP contribution is -2.41. The number of hydrogen-bond donors (Lipinski definition) is 2. The lowest BCUT2D eigenvalue weighted by atomic mass is 10.2. The van der Waals surface area contributed by atoms with Gasteiger partial charge in [-0.1, -0.05) is 6.07 Å². The van der Waals surface area contributed by atoms with Gasteiger partial charge in [0.25, 0.3) is 0 Å². The van der Waals surface area contributed by atoms with Gasteiger partial charge in [-0.3, -0.25) is 9.59 Å². The number of hydrogen-bond acceptors (Lipinski definition) is 6. The first-order chi connectivity index (χ1) is 12.2. The highest BCUT2D eigenvalue weighted by atomic mass is 32.1. The lowest BCUT2D eigenvalue weighted by molar-refractivity contribution is -0.139. The normalized spacial score (nSPS) is 13.3. The van der Waals surface area contributed by atoms with E-state index < -0.39 is 11.8 Å². The highest BCUT2D eigenvalue weighted by molar-refractivity contribution is 7.07. The Bertz CT molecular complexity index is 748. The first-order valence-corrected chi connectivity index (χ1v) is 8.61. The zero-order valence-corrected chi connectivity index (χ0v) is 14.4. The second-order valence-corrected chi connectivity index (χ2v) is 6.14. The minimum atomic E-state index is -0.696. The molecule has 2 heterocycles. The highest BCUT2D eigenvalue weighted by Gasteiger charge is 2.18. The topological polar surface area (TPSA) is 85.9 Å². The van der Waals surface area contributed by atoms with Gasteiger partial charge in [0.05, 0.1) is 0 Å². The third-order valence-corrected chi connectivity index (χ3v) is 4.45. The number of benzene rings is 1. The number of amides is 2. The number of fused-ring (bicyclic) bond motifs is 1. The van der Waals surface area contributed by atoms with E-state index in [2.05, 4.69) is 10.6 Å². The summed E-state index contributed by atoms with van der Waals surface area (Å²) >= 11 is 1.55. The number of carbonyl (C=O) groups excluding carboxylic acids is 2. The molecule has 7 nitrogen and oxygen atoms in total. The zero-order valence-electron chi connectivity index (χ0n) is 13.6. The Labute approximate surface area is 148 Å². The molecule has 132 valence electrons. The highest BCUT2D eigenvalue weighted by Crippen LogP contribution is 2.32. The average Bonchev–Trinajstić information content (AvgIpc) is 3.31. The van der Waals surface area contributed by atoms with Crippen LogP contribution in [0, 0.1) is 0 Å². The maximum atomic E-state index is 11.9. The van der Waals surface area contributed by atoms with E-state index in [0.29, 0.717) is 11.5 Å². The Morgan fingerprint density at radius 1 is 1.20 bits per heavy atom. The Morgan fingerprint density at radius 2 is 2.00 bits per heavy atom. The predicted octanol–water partition coefficient (Wildman–Crippen LogP) is 1.60. The van der Waals surface area contributed by atoms with Crippen molar-refractivity contribution in [3.8, 4) is 11.5 Å². The van der Waals surface area contributed by atoms with E-state index in [1.807, 2.05) is 22.9 Å². The van der Waals surface area contributed by atoms with Gasteiger partial charge in [0.2, 0.25) is 6.79 Å². The van der Waals surface area contributed by atoms with Crippen molar-refractivity contribution >= 4 is 23.2 Å². The van der Waals surface area contributed by atoms with Gasteiger partial charge in [0, 0.05) is 20.2 Å². The summed E-state index contributed by atoms with van der Waals surface area (Å²) in [6, 6.07) is 7.28. The minimum absolute atomic E-state index is 0.193. The third kappa shape index (κ3) is 4.28. The molecule has 0 saturated carbocycles. The smallest absolute Gasteiger partial charge is 0.309 e. The van der Waals surface area contributed by atoms with E-state index in [-0.39, 0.29) is 26.0 Å². The second-order valence-electron chi connectivity index (χ2n) is 5.36. The summed E-state index contributed by atoms with van der Waals surface area (Å²) < 4.78 is 15.8. The van der Waals surface area contributed by atoms with E-state index in [0.717, 1.165) is 11.1 Å². The van der Waals surface area contributed by atoms with Crippen LogP contribution in [0.2, 0.25) is 0 Å². The largest absolute Gasteiger partial charge is 0.454 e. The van der Waals surface area contributed by atoms with Crippen LogP contribution in [0.4, 0.5) is 0 Å². The van der Waals surface area contributed by atoms with E-state index in [4.69, 9.17) is 14.2 Å². The molecule has 0 saturated heterocycles. The van der Waals surface area contributed by atoms with Gasteiger partial charge < -0.3 is 24.8 Å². The molecule has 1 aromatic heterocycles. The molecule has 0 spiro atoms. The number of rotatable bonds is 6. The monoisotopic (exact) mass is 362 g/mol. The van der Waals surface area contributed by atoms with Gasteiger partial charge in [-0.15, -0.1) is 0 Å². The van der Waals surface area contributed by atoms with Gasteiger partial charge in [-0.05, 0) is 40.1 Å². The number of carbonyl (C=O) groups is 2. The van der Waals surface area contributed by atoms with Gasteiger partial charge in [-0.25, -0.2) is 0 Å². The van der Waals surface area contributed by atoms with Crippen LogP contribution in [-0.2, 0) is 20.9 Å². The molecule has 1 aliphatic heterocycles. The van der Waals surface area contributed by atoms with E-state index in [1.54, 1.807) is 30.6 Å². The molecule has 2 N–H and O–H groups in total. The molecular formula is C17H18N2O5S. The fourth-order valence-electron chi connectivity index (χ4n) is 2.37. The molecule has 0 fully saturated rings. The van der Waals surface area contributed by atoms with Crippen molar-refractivity contribution in [3.05, 3.63) is 46.2 Å². The Balaban J connectivity index is 1.47. The summed E-state index contributed by atoms with van der Waals surface area (Å²) in [5.41, 5.74) is 1.78. The second kappa shape index (κ2) is 8.00. The van der Waals surface area contributed by atoms with Crippen molar-refractivity contribution in [1.29, 1.82) is 0 Å². The van der Waals surface area contributed by atoms with Crippen molar-refractivity contribution in [2.45, 2.75) is 12.6 Å². The maximum Gasteiger partial charge on any atom is 0.309 e. The molecule has 2 amide bonds. The van der Waals surface area contributed by atoms with Crippen molar-refractivity contribution in [2.75, 3.05) is 20.4 Å². The van der Waals surface area contributed by atoms with Crippen LogP contribution in [0.25, 0.3) is 0 Å². The molecule has 3 rings (SSSR count). The minimum Gasteiger partial charge on any atom is -0.454 e. The lowest BCUT2D eigenvalue weighted by Gasteiger charge is -2.14. The SMILES string of the molecule is COC(CNC(=O)C(=O)NCc1ccc2c(c1)OCO2)c1ccsc1. The summed E-state index contributed by atoms with van der Waals surface area (Å²) in [6.07, 6.45) is -0.281. The predicted molar refractivity (Wildman–Crippen MR) is 91.5 cm³/mol. The maximum absolute atomic E-state index is 11.9. The van der Waals surface area contributed by atoms with Crippen molar-refractivity contribution in [1.82, 2.24) is 10.6 Å². The molecule has 2 aromatic rings. The Kier molecular flexibility index (Phi) is 5.52. The number of methoxy groups -OCH3 is 1. The van der Waals surface area contributed by atoms with Crippen molar-refractivity contribution in [2.24, 2.45) is 0 Å². The van der Waals surface area contributed by atoms with E-state index >= 15 is 0 Å². The fraction of sp³-hybridized carbons (Fsp3) is 0.294. The van der Waals surface area contributed by atoms with Crippen molar-refractivity contribution < 1.29 is 23.8 Å².